The molecule has 21 heavy (non-hydrogen) atoms. The average Bonchev–Trinajstić information content (AvgIpc) is 2.54. The fourth-order valence-electron chi connectivity index (χ4n) is 2.76. The zero-order chi connectivity index (χ0) is 14.7. The molecule has 0 aliphatic heterocycles. The third kappa shape index (κ3) is 2.68. The summed E-state index contributed by atoms with van der Waals surface area (Å²) in [5, 5.41) is 10.5. The van der Waals surface area contributed by atoms with Crippen molar-refractivity contribution in [3.05, 3.63) is 101 Å². The van der Waals surface area contributed by atoms with Crippen molar-refractivity contribution in [2.24, 2.45) is 0 Å². The van der Waals surface area contributed by atoms with Crippen LogP contribution in [0.4, 0.5) is 0 Å². The van der Waals surface area contributed by atoms with Gasteiger partial charge >= 0.3 is 0 Å². The molecule has 0 amide bonds. The highest BCUT2D eigenvalue weighted by molar-refractivity contribution is 5.51. The van der Waals surface area contributed by atoms with Gasteiger partial charge in [-0.2, -0.15) is 0 Å². The van der Waals surface area contributed by atoms with Gasteiger partial charge in [0.25, 0.3) is 0 Å². The summed E-state index contributed by atoms with van der Waals surface area (Å²) in [5.41, 5.74) is 4.23. The highest BCUT2D eigenvalue weighted by Crippen LogP contribution is 2.37. The smallest absolute Gasteiger partial charge is 0.122 e. The minimum absolute atomic E-state index is 0.0484. The first-order chi connectivity index (χ1) is 10.3. The molecule has 0 spiro atoms. The highest BCUT2D eigenvalue weighted by atomic mass is 16.3. The number of phenolic OH excluding ortho intramolecular Hbond substituents is 1. The lowest BCUT2D eigenvalue weighted by atomic mass is 9.84. The van der Waals surface area contributed by atoms with Crippen molar-refractivity contribution in [3.63, 3.8) is 0 Å². The molecule has 3 rings (SSSR count). The number of aryl methyl sites for hydroxylation is 1. The van der Waals surface area contributed by atoms with Gasteiger partial charge in [-0.05, 0) is 23.6 Å². The van der Waals surface area contributed by atoms with Crippen LogP contribution >= 0.6 is 0 Å². The largest absolute Gasteiger partial charge is 0.507 e. The Morgan fingerprint density at radius 1 is 0.667 bits per heavy atom. The fourth-order valence-corrected chi connectivity index (χ4v) is 2.76. The SMILES string of the molecule is Cc1cccc(C(c2ccccc2)c2ccccc2)c1O. The minimum Gasteiger partial charge on any atom is -0.507 e. The first kappa shape index (κ1) is 13.4. The zero-order valence-corrected chi connectivity index (χ0v) is 12.0. The summed E-state index contributed by atoms with van der Waals surface area (Å²) in [5.74, 6) is 0.433. The summed E-state index contributed by atoms with van der Waals surface area (Å²) in [6.45, 7) is 1.94. The molecule has 0 saturated carbocycles. The van der Waals surface area contributed by atoms with Crippen molar-refractivity contribution in [2.45, 2.75) is 12.8 Å². The van der Waals surface area contributed by atoms with Crippen LogP contribution in [0, 0.1) is 6.92 Å². The van der Waals surface area contributed by atoms with Crippen LogP contribution in [-0.4, -0.2) is 5.11 Å². The van der Waals surface area contributed by atoms with Crippen LogP contribution in [0.5, 0.6) is 5.75 Å². The van der Waals surface area contributed by atoms with Crippen molar-refractivity contribution in [1.82, 2.24) is 0 Å². The van der Waals surface area contributed by atoms with E-state index in [2.05, 4.69) is 24.3 Å². The van der Waals surface area contributed by atoms with Crippen LogP contribution in [0.15, 0.2) is 78.9 Å². The summed E-state index contributed by atoms with van der Waals surface area (Å²) in [6.07, 6.45) is 0. The van der Waals surface area contributed by atoms with Crippen LogP contribution in [0.2, 0.25) is 0 Å². The standard InChI is InChI=1S/C20H18O/c1-15-9-8-14-18(20(15)21)19(16-10-4-2-5-11-16)17-12-6-3-7-13-17/h2-14,19,21H,1H3. The van der Waals surface area contributed by atoms with Crippen molar-refractivity contribution >= 4 is 0 Å². The van der Waals surface area contributed by atoms with Gasteiger partial charge in [0, 0.05) is 11.5 Å². The van der Waals surface area contributed by atoms with E-state index < -0.39 is 0 Å². The lowest BCUT2D eigenvalue weighted by Gasteiger charge is -2.20. The molecule has 0 aliphatic carbocycles. The molecular weight excluding hydrogens is 256 g/mol. The molecule has 104 valence electrons. The zero-order valence-electron chi connectivity index (χ0n) is 12.0. The number of rotatable bonds is 3. The van der Waals surface area contributed by atoms with Crippen LogP contribution in [-0.2, 0) is 0 Å². The maximum Gasteiger partial charge on any atom is 0.122 e. The van der Waals surface area contributed by atoms with E-state index in [0.29, 0.717) is 5.75 Å². The molecular formula is C20H18O. The van der Waals surface area contributed by atoms with Gasteiger partial charge in [0.1, 0.15) is 5.75 Å². The van der Waals surface area contributed by atoms with Crippen molar-refractivity contribution in [2.75, 3.05) is 0 Å². The van der Waals surface area contributed by atoms with Gasteiger partial charge in [0.2, 0.25) is 0 Å². The number of hydrogen-bond acceptors (Lipinski definition) is 1. The molecule has 1 heteroatoms. The van der Waals surface area contributed by atoms with Gasteiger partial charge in [-0.15, -0.1) is 0 Å². The predicted molar refractivity (Wildman–Crippen MR) is 86.7 cm³/mol. The molecule has 0 aromatic heterocycles. The molecule has 0 bridgehead atoms. The predicted octanol–water partition coefficient (Wildman–Crippen LogP) is 4.88. The van der Waals surface area contributed by atoms with E-state index in [-0.39, 0.29) is 5.92 Å². The molecule has 0 fully saturated rings. The van der Waals surface area contributed by atoms with E-state index in [1.54, 1.807) is 0 Å². The van der Waals surface area contributed by atoms with Gasteiger partial charge in [0.15, 0.2) is 0 Å². The van der Waals surface area contributed by atoms with Gasteiger partial charge < -0.3 is 5.11 Å². The van der Waals surface area contributed by atoms with E-state index in [4.69, 9.17) is 0 Å². The second-order valence-corrected chi connectivity index (χ2v) is 5.27. The van der Waals surface area contributed by atoms with E-state index in [9.17, 15) is 5.11 Å². The number of phenols is 1. The molecule has 0 radical (unpaired) electrons. The Bertz CT molecular complexity index is 678. The van der Waals surface area contributed by atoms with Crippen molar-refractivity contribution in [3.8, 4) is 5.75 Å². The monoisotopic (exact) mass is 274 g/mol. The third-order valence-electron chi connectivity index (χ3n) is 3.85. The summed E-state index contributed by atoms with van der Waals surface area (Å²) in [4.78, 5) is 0. The Morgan fingerprint density at radius 2 is 1.19 bits per heavy atom. The number of aromatic hydroxyl groups is 1. The Labute approximate surface area is 125 Å². The van der Waals surface area contributed by atoms with Gasteiger partial charge in [-0.1, -0.05) is 78.9 Å². The fraction of sp³-hybridized carbons (Fsp3) is 0.100. The van der Waals surface area contributed by atoms with Crippen molar-refractivity contribution in [1.29, 1.82) is 0 Å². The first-order valence-corrected chi connectivity index (χ1v) is 7.16. The summed E-state index contributed by atoms with van der Waals surface area (Å²) >= 11 is 0. The Balaban J connectivity index is 2.20. The van der Waals surface area contributed by atoms with Crippen LogP contribution in [0.25, 0.3) is 0 Å². The van der Waals surface area contributed by atoms with E-state index in [0.717, 1.165) is 11.1 Å². The summed E-state index contributed by atoms with van der Waals surface area (Å²) in [7, 11) is 0. The molecule has 0 saturated heterocycles. The Morgan fingerprint density at radius 3 is 1.71 bits per heavy atom. The lowest BCUT2D eigenvalue weighted by Crippen LogP contribution is -2.04. The van der Waals surface area contributed by atoms with Gasteiger partial charge in [-0.25, -0.2) is 0 Å². The molecule has 1 nitrogen and oxygen atoms in total. The highest BCUT2D eigenvalue weighted by Gasteiger charge is 2.20. The first-order valence-electron chi connectivity index (χ1n) is 7.16. The minimum atomic E-state index is 0.0484. The third-order valence-corrected chi connectivity index (χ3v) is 3.85. The number of benzene rings is 3. The second kappa shape index (κ2) is 5.84. The molecule has 1 N–H and O–H groups in total. The Kier molecular flexibility index (Phi) is 3.74. The topological polar surface area (TPSA) is 20.2 Å². The van der Waals surface area contributed by atoms with E-state index in [1.807, 2.05) is 61.5 Å². The van der Waals surface area contributed by atoms with Crippen LogP contribution < -0.4 is 0 Å². The Hall–Kier alpha value is -2.54. The maximum absolute atomic E-state index is 10.5. The molecule has 0 atom stereocenters. The van der Waals surface area contributed by atoms with Gasteiger partial charge in [-0.3, -0.25) is 0 Å². The number of hydrogen-bond donors (Lipinski definition) is 1. The van der Waals surface area contributed by atoms with E-state index in [1.165, 1.54) is 11.1 Å². The average molecular weight is 274 g/mol. The molecule has 3 aromatic carbocycles. The van der Waals surface area contributed by atoms with Crippen LogP contribution in [0.1, 0.15) is 28.2 Å². The normalized spacial score (nSPS) is 10.8. The molecule has 0 aliphatic rings. The lowest BCUT2D eigenvalue weighted by molar-refractivity contribution is 0.463. The summed E-state index contributed by atoms with van der Waals surface area (Å²) in [6, 6.07) is 26.6. The van der Waals surface area contributed by atoms with Gasteiger partial charge in [0.05, 0.1) is 0 Å². The molecule has 3 aromatic rings. The second-order valence-electron chi connectivity index (χ2n) is 5.27. The van der Waals surface area contributed by atoms with Crippen molar-refractivity contribution < 1.29 is 5.11 Å². The van der Waals surface area contributed by atoms with Crippen LogP contribution in [0.3, 0.4) is 0 Å². The van der Waals surface area contributed by atoms with E-state index >= 15 is 0 Å². The summed E-state index contributed by atoms with van der Waals surface area (Å²) < 4.78 is 0. The molecule has 0 unspecified atom stereocenters. The maximum atomic E-state index is 10.5. The number of para-hydroxylation sites is 1. The quantitative estimate of drug-likeness (QED) is 0.675. The molecule has 0 heterocycles.